The normalized spacial score (nSPS) is 19.0. The van der Waals surface area contributed by atoms with Gasteiger partial charge in [0.1, 0.15) is 6.07 Å². The van der Waals surface area contributed by atoms with Gasteiger partial charge in [-0.3, -0.25) is 9.59 Å². The van der Waals surface area contributed by atoms with Crippen LogP contribution in [0.25, 0.3) is 0 Å². The highest BCUT2D eigenvalue weighted by molar-refractivity contribution is 5.97. The van der Waals surface area contributed by atoms with Crippen molar-refractivity contribution in [1.29, 1.82) is 5.26 Å². The van der Waals surface area contributed by atoms with Gasteiger partial charge in [0.25, 0.3) is 0 Å². The zero-order valence-corrected chi connectivity index (χ0v) is 10.2. The molecule has 98 valence electrons. The highest BCUT2D eigenvalue weighted by atomic mass is 16.4. The number of nitrogens with one attached hydrogen (secondary N) is 1. The number of piperazine rings is 1. The number of hydrogen-bond donors (Lipinski definition) is 2. The molecule has 0 saturated carbocycles. The van der Waals surface area contributed by atoms with Gasteiger partial charge in [0.05, 0.1) is 24.2 Å². The van der Waals surface area contributed by atoms with Crippen molar-refractivity contribution in [3.8, 4) is 6.07 Å². The summed E-state index contributed by atoms with van der Waals surface area (Å²) in [5.41, 5.74) is 0.943. The van der Waals surface area contributed by atoms with E-state index in [2.05, 4.69) is 5.32 Å². The minimum absolute atomic E-state index is 0.0570. The minimum atomic E-state index is -0.916. The molecule has 1 fully saturated rings. The van der Waals surface area contributed by atoms with E-state index < -0.39 is 5.97 Å². The molecule has 1 saturated heterocycles. The number of para-hydroxylation sites is 1. The number of carbonyl (C=O) groups excluding carboxylic acids is 1. The molecule has 2 rings (SSSR count). The minimum Gasteiger partial charge on any atom is -0.481 e. The SMILES string of the molecule is N#Cc1ccccc1N1CC(CC(=O)O)NCC1=O. The fraction of sp³-hybridized carbons (Fsp3) is 0.308. The Labute approximate surface area is 110 Å². The van der Waals surface area contributed by atoms with Gasteiger partial charge in [0.2, 0.25) is 5.91 Å². The summed E-state index contributed by atoms with van der Waals surface area (Å²) in [5.74, 6) is -1.08. The van der Waals surface area contributed by atoms with Crippen LogP contribution in [0.5, 0.6) is 0 Å². The van der Waals surface area contributed by atoms with Gasteiger partial charge in [-0.2, -0.15) is 5.26 Å². The number of carboxylic acid groups (broad SMARTS) is 1. The Morgan fingerprint density at radius 2 is 2.26 bits per heavy atom. The van der Waals surface area contributed by atoms with Crippen molar-refractivity contribution in [3.05, 3.63) is 29.8 Å². The van der Waals surface area contributed by atoms with Crippen LogP contribution in [-0.4, -0.2) is 36.1 Å². The quantitative estimate of drug-likeness (QED) is 0.816. The molecule has 1 heterocycles. The van der Waals surface area contributed by atoms with Crippen LogP contribution in [-0.2, 0) is 9.59 Å². The summed E-state index contributed by atoms with van der Waals surface area (Å²) in [5, 5.41) is 20.7. The lowest BCUT2D eigenvalue weighted by molar-refractivity contribution is -0.138. The molecule has 1 atom stereocenters. The van der Waals surface area contributed by atoms with E-state index in [4.69, 9.17) is 10.4 Å². The molecule has 1 aromatic carbocycles. The van der Waals surface area contributed by atoms with Crippen LogP contribution < -0.4 is 10.2 Å². The standard InChI is InChI=1S/C13H13N3O3/c14-6-9-3-1-2-4-11(9)16-8-10(5-13(18)19)15-7-12(16)17/h1-4,10,15H,5,7-8H2,(H,18,19). The van der Waals surface area contributed by atoms with Crippen molar-refractivity contribution < 1.29 is 14.7 Å². The van der Waals surface area contributed by atoms with Crippen LogP contribution in [0.3, 0.4) is 0 Å². The Morgan fingerprint density at radius 3 is 2.95 bits per heavy atom. The van der Waals surface area contributed by atoms with Gasteiger partial charge in [0.15, 0.2) is 0 Å². The fourth-order valence-electron chi connectivity index (χ4n) is 2.10. The maximum atomic E-state index is 11.9. The van der Waals surface area contributed by atoms with Gasteiger partial charge in [-0.15, -0.1) is 0 Å². The van der Waals surface area contributed by atoms with E-state index in [1.54, 1.807) is 24.3 Å². The maximum absolute atomic E-state index is 11.9. The molecular weight excluding hydrogens is 246 g/mol. The topological polar surface area (TPSA) is 93.4 Å². The largest absolute Gasteiger partial charge is 0.481 e. The second kappa shape index (κ2) is 5.50. The molecule has 0 radical (unpaired) electrons. The summed E-state index contributed by atoms with van der Waals surface area (Å²) in [7, 11) is 0. The van der Waals surface area contributed by atoms with E-state index in [0.717, 1.165) is 0 Å². The van der Waals surface area contributed by atoms with Crippen LogP contribution in [0.4, 0.5) is 5.69 Å². The van der Waals surface area contributed by atoms with Gasteiger partial charge in [-0.05, 0) is 12.1 Å². The van der Waals surface area contributed by atoms with E-state index in [1.165, 1.54) is 4.90 Å². The molecular formula is C13H13N3O3. The molecule has 0 bridgehead atoms. The molecule has 0 spiro atoms. The number of amides is 1. The summed E-state index contributed by atoms with van der Waals surface area (Å²) < 4.78 is 0. The van der Waals surface area contributed by atoms with Crippen molar-refractivity contribution in [3.63, 3.8) is 0 Å². The van der Waals surface area contributed by atoms with Crippen molar-refractivity contribution in [2.24, 2.45) is 0 Å². The van der Waals surface area contributed by atoms with E-state index in [0.29, 0.717) is 11.3 Å². The monoisotopic (exact) mass is 259 g/mol. The number of benzene rings is 1. The Hall–Kier alpha value is -2.39. The first kappa shape index (κ1) is 13.1. The molecule has 1 aliphatic heterocycles. The molecule has 1 amide bonds. The van der Waals surface area contributed by atoms with E-state index in [1.807, 2.05) is 6.07 Å². The number of carbonyl (C=O) groups is 2. The van der Waals surface area contributed by atoms with Crippen LogP contribution >= 0.6 is 0 Å². The lowest BCUT2D eigenvalue weighted by Gasteiger charge is -2.33. The number of rotatable bonds is 3. The summed E-state index contributed by atoms with van der Waals surface area (Å²) in [4.78, 5) is 24.1. The first-order valence-corrected chi connectivity index (χ1v) is 5.86. The molecule has 1 unspecified atom stereocenters. The molecule has 19 heavy (non-hydrogen) atoms. The first-order chi connectivity index (χ1) is 9.11. The zero-order chi connectivity index (χ0) is 13.8. The third-order valence-corrected chi connectivity index (χ3v) is 2.98. The van der Waals surface area contributed by atoms with Gasteiger partial charge < -0.3 is 15.3 Å². The van der Waals surface area contributed by atoms with Crippen molar-refractivity contribution in [2.75, 3.05) is 18.0 Å². The predicted octanol–water partition coefficient (Wildman–Crippen LogP) is 0.338. The second-order valence-electron chi connectivity index (χ2n) is 4.31. The summed E-state index contributed by atoms with van der Waals surface area (Å²) in [6.45, 7) is 0.335. The van der Waals surface area contributed by atoms with Crippen LogP contribution in [0, 0.1) is 11.3 Å². The first-order valence-electron chi connectivity index (χ1n) is 5.86. The average Bonchev–Trinajstić information content (AvgIpc) is 2.40. The number of anilines is 1. The summed E-state index contributed by atoms with van der Waals surface area (Å²) in [6.07, 6.45) is -0.0570. The molecule has 6 nitrogen and oxygen atoms in total. The van der Waals surface area contributed by atoms with Crippen LogP contribution in [0.15, 0.2) is 24.3 Å². The number of aliphatic carboxylic acids is 1. The smallest absolute Gasteiger partial charge is 0.304 e. The van der Waals surface area contributed by atoms with E-state index >= 15 is 0 Å². The Morgan fingerprint density at radius 1 is 1.53 bits per heavy atom. The highest BCUT2D eigenvalue weighted by Crippen LogP contribution is 2.21. The van der Waals surface area contributed by atoms with Crippen LogP contribution in [0.1, 0.15) is 12.0 Å². The van der Waals surface area contributed by atoms with Crippen molar-refractivity contribution in [2.45, 2.75) is 12.5 Å². The van der Waals surface area contributed by atoms with Crippen molar-refractivity contribution >= 4 is 17.6 Å². The summed E-state index contributed by atoms with van der Waals surface area (Å²) in [6, 6.07) is 8.54. The molecule has 2 N–H and O–H groups in total. The van der Waals surface area contributed by atoms with E-state index in [9.17, 15) is 9.59 Å². The maximum Gasteiger partial charge on any atom is 0.304 e. The zero-order valence-electron chi connectivity index (χ0n) is 10.2. The molecule has 1 aliphatic rings. The molecule has 6 heteroatoms. The lowest BCUT2D eigenvalue weighted by Crippen LogP contribution is -2.55. The van der Waals surface area contributed by atoms with Gasteiger partial charge >= 0.3 is 5.97 Å². The highest BCUT2D eigenvalue weighted by Gasteiger charge is 2.28. The Balaban J connectivity index is 2.24. The number of nitrogens with zero attached hydrogens (tertiary/aromatic N) is 2. The predicted molar refractivity (Wildman–Crippen MR) is 67.6 cm³/mol. The Kier molecular flexibility index (Phi) is 3.78. The average molecular weight is 259 g/mol. The van der Waals surface area contributed by atoms with Crippen LogP contribution in [0.2, 0.25) is 0 Å². The van der Waals surface area contributed by atoms with Gasteiger partial charge in [-0.25, -0.2) is 0 Å². The molecule has 0 aromatic heterocycles. The number of nitriles is 1. The van der Waals surface area contributed by atoms with Gasteiger partial charge in [-0.1, -0.05) is 12.1 Å². The number of carboxylic acids is 1. The second-order valence-corrected chi connectivity index (χ2v) is 4.31. The summed E-state index contributed by atoms with van der Waals surface area (Å²) >= 11 is 0. The fourth-order valence-corrected chi connectivity index (χ4v) is 2.10. The lowest BCUT2D eigenvalue weighted by atomic mass is 10.1. The third-order valence-electron chi connectivity index (χ3n) is 2.98. The van der Waals surface area contributed by atoms with Crippen molar-refractivity contribution in [1.82, 2.24) is 5.32 Å². The van der Waals surface area contributed by atoms with E-state index in [-0.39, 0.29) is 31.5 Å². The molecule has 0 aliphatic carbocycles. The van der Waals surface area contributed by atoms with Gasteiger partial charge in [0, 0.05) is 12.6 Å². The molecule has 1 aromatic rings. The number of hydrogen-bond acceptors (Lipinski definition) is 4. The Bertz CT molecular complexity index is 550. The third kappa shape index (κ3) is 2.89.